The smallest absolute Gasteiger partial charge is 0.417 e. The van der Waals surface area contributed by atoms with E-state index in [9.17, 15) is 27.9 Å². The number of imide groups is 2. The molecule has 62 heavy (non-hydrogen) atoms. The first-order valence-corrected chi connectivity index (χ1v) is 21.4. The van der Waals surface area contributed by atoms with E-state index < -0.39 is 63.6 Å². The number of piperidine rings is 1. The molecule has 16 heteroatoms. The summed E-state index contributed by atoms with van der Waals surface area (Å²) in [6.07, 6.45) is -0.985. The zero-order chi connectivity index (χ0) is 43.7. The summed E-state index contributed by atoms with van der Waals surface area (Å²) in [4.78, 5) is 67.5. The van der Waals surface area contributed by atoms with Crippen LogP contribution in [-0.2, 0) is 37.3 Å². The van der Waals surface area contributed by atoms with Crippen LogP contribution in [0, 0.1) is 23.7 Å². The van der Waals surface area contributed by atoms with E-state index in [1.807, 2.05) is 24.3 Å². The van der Waals surface area contributed by atoms with Gasteiger partial charge in [0.1, 0.15) is 0 Å². The van der Waals surface area contributed by atoms with Crippen LogP contribution in [0.25, 0.3) is 0 Å². The van der Waals surface area contributed by atoms with Gasteiger partial charge in [-0.05, 0) is 73.9 Å². The van der Waals surface area contributed by atoms with Gasteiger partial charge in [0.2, 0.25) is 11.8 Å². The first-order valence-electron chi connectivity index (χ1n) is 20.7. The Morgan fingerprint density at radius 3 is 2.32 bits per heavy atom. The van der Waals surface area contributed by atoms with Gasteiger partial charge in [-0.25, -0.2) is 4.98 Å². The van der Waals surface area contributed by atoms with Gasteiger partial charge in [-0.3, -0.25) is 34.4 Å². The minimum absolute atomic E-state index is 0.0443. The number of hydrazine groups is 1. The number of allylic oxidation sites excluding steroid dienone is 2. The predicted molar refractivity (Wildman–Crippen MR) is 223 cm³/mol. The number of hydrogen-bond acceptors (Lipinski definition) is 9. The number of phenolic OH excluding ortho intramolecular Hbond substituents is 1. The molecule has 2 aliphatic carbocycles. The molecule has 3 aromatic carbocycles. The third kappa shape index (κ3) is 6.81. The highest BCUT2D eigenvalue weighted by atomic mass is 35.5. The van der Waals surface area contributed by atoms with Crippen molar-refractivity contribution in [2.75, 3.05) is 25.1 Å². The Labute approximate surface area is 365 Å². The van der Waals surface area contributed by atoms with Crippen molar-refractivity contribution in [3.8, 4) is 11.5 Å². The summed E-state index contributed by atoms with van der Waals surface area (Å²) in [6.45, 7) is 4.10. The summed E-state index contributed by atoms with van der Waals surface area (Å²) < 4.78 is 46.6. The lowest BCUT2D eigenvalue weighted by molar-refractivity contribution is -0.144. The standard InChI is InChI=1S/C46H42Cl2F3N5O6/c1-2-62-36-10-6-9-32(39(36)57)38-30-15-16-31-37(43(60)55(41(31)58)29-17-19-54(20-18-29)24-25-7-4-3-5-8-25)33(30)22-34-42(59)56(44(61)45(34,38)26-11-13-28(47)14-12-26)53-40-35(48)21-27(23-52-40)46(49,50)51/h3-15,21,23,29,31,33-34,37-38,57H,2,16-20,22,24H2,1H3,(H,52,53). The molecule has 4 fully saturated rings. The number of phenols is 1. The number of para-hydroxylation sites is 1. The Morgan fingerprint density at radius 1 is 0.919 bits per heavy atom. The van der Waals surface area contributed by atoms with Crippen LogP contribution in [0.3, 0.4) is 0 Å². The molecule has 4 heterocycles. The molecular weight excluding hydrogens is 846 g/mol. The molecule has 2 N–H and O–H groups in total. The molecule has 5 aliphatic rings. The zero-order valence-corrected chi connectivity index (χ0v) is 35.0. The van der Waals surface area contributed by atoms with Crippen LogP contribution < -0.4 is 10.2 Å². The summed E-state index contributed by atoms with van der Waals surface area (Å²) in [5.74, 6) is -7.26. The number of fused-ring (bicyclic) bond motifs is 4. The number of rotatable bonds is 9. The Bertz CT molecular complexity index is 2480. The minimum atomic E-state index is -4.76. The molecule has 3 saturated heterocycles. The van der Waals surface area contributed by atoms with Gasteiger partial charge < -0.3 is 9.84 Å². The fraction of sp³-hybridized carbons (Fsp3) is 0.370. The molecule has 0 radical (unpaired) electrons. The van der Waals surface area contributed by atoms with Gasteiger partial charge in [-0.15, -0.1) is 0 Å². The number of anilines is 1. The summed E-state index contributed by atoms with van der Waals surface area (Å²) in [5.41, 5.74) is 2.09. The van der Waals surface area contributed by atoms with Crippen molar-refractivity contribution >= 4 is 52.6 Å². The monoisotopic (exact) mass is 887 g/mol. The van der Waals surface area contributed by atoms with E-state index >= 15 is 9.59 Å². The Hall–Kier alpha value is -5.44. The van der Waals surface area contributed by atoms with E-state index in [-0.39, 0.29) is 60.2 Å². The summed E-state index contributed by atoms with van der Waals surface area (Å²) in [7, 11) is 0. The maximum atomic E-state index is 15.5. The zero-order valence-electron chi connectivity index (χ0n) is 33.4. The number of pyridine rings is 1. The number of alkyl halides is 3. The molecule has 1 saturated carbocycles. The number of hydrogen-bond donors (Lipinski definition) is 2. The first-order chi connectivity index (χ1) is 29.7. The summed E-state index contributed by atoms with van der Waals surface area (Å²) in [5, 5.41) is 12.6. The van der Waals surface area contributed by atoms with Crippen molar-refractivity contribution < 1.29 is 42.2 Å². The normalized spacial score (nSPS) is 26.6. The number of ether oxygens (including phenoxy) is 1. The van der Waals surface area contributed by atoms with Gasteiger partial charge in [0.05, 0.1) is 40.4 Å². The van der Waals surface area contributed by atoms with Crippen LogP contribution in [0.15, 0.2) is 96.7 Å². The van der Waals surface area contributed by atoms with Gasteiger partial charge in [0, 0.05) is 48.4 Å². The average Bonchev–Trinajstić information content (AvgIpc) is 3.63. The first kappa shape index (κ1) is 41.9. The maximum absolute atomic E-state index is 15.5. The van der Waals surface area contributed by atoms with Crippen LogP contribution in [0.1, 0.15) is 60.8 Å². The van der Waals surface area contributed by atoms with Crippen molar-refractivity contribution in [3.63, 3.8) is 0 Å². The van der Waals surface area contributed by atoms with Gasteiger partial charge in [0.15, 0.2) is 17.3 Å². The Morgan fingerprint density at radius 2 is 1.65 bits per heavy atom. The van der Waals surface area contributed by atoms with E-state index in [1.165, 1.54) is 10.5 Å². The van der Waals surface area contributed by atoms with Gasteiger partial charge >= 0.3 is 6.18 Å². The lowest BCUT2D eigenvalue weighted by Crippen LogP contribution is -2.53. The molecule has 4 aromatic rings. The lowest BCUT2D eigenvalue weighted by Gasteiger charge is -2.50. The molecule has 6 atom stereocenters. The fourth-order valence-electron chi connectivity index (χ4n) is 10.7. The third-order valence-corrected chi connectivity index (χ3v) is 13.9. The van der Waals surface area contributed by atoms with Crippen LogP contribution in [0.2, 0.25) is 10.0 Å². The second kappa shape index (κ2) is 16.0. The topological polar surface area (TPSA) is 132 Å². The number of nitrogens with zero attached hydrogens (tertiary/aromatic N) is 4. The molecule has 6 unspecified atom stereocenters. The van der Waals surface area contributed by atoms with Crippen molar-refractivity contribution in [1.29, 1.82) is 0 Å². The number of nitrogens with one attached hydrogen (secondary N) is 1. The third-order valence-electron chi connectivity index (χ3n) is 13.4. The fourth-order valence-corrected chi connectivity index (χ4v) is 11.1. The number of benzene rings is 3. The molecule has 4 amide bonds. The molecule has 3 aliphatic heterocycles. The van der Waals surface area contributed by atoms with E-state index in [1.54, 1.807) is 49.4 Å². The predicted octanol–water partition coefficient (Wildman–Crippen LogP) is 8.16. The van der Waals surface area contributed by atoms with Crippen LogP contribution in [0.4, 0.5) is 19.0 Å². The van der Waals surface area contributed by atoms with Crippen LogP contribution >= 0.6 is 23.2 Å². The molecule has 322 valence electrons. The van der Waals surface area contributed by atoms with Gasteiger partial charge in [-0.2, -0.15) is 18.2 Å². The maximum Gasteiger partial charge on any atom is 0.417 e. The van der Waals surface area contributed by atoms with Crippen molar-refractivity contribution in [1.82, 2.24) is 19.8 Å². The number of aromatic hydroxyl groups is 1. The quantitative estimate of drug-likeness (QED) is 0.126. The Kier molecular flexibility index (Phi) is 10.8. The lowest BCUT2D eigenvalue weighted by atomic mass is 9.49. The number of halogens is 5. The summed E-state index contributed by atoms with van der Waals surface area (Å²) in [6, 6.07) is 21.7. The highest BCUT2D eigenvalue weighted by molar-refractivity contribution is 6.33. The Balaban J connectivity index is 1.13. The van der Waals surface area contributed by atoms with Gasteiger partial charge in [0.25, 0.3) is 11.8 Å². The van der Waals surface area contributed by atoms with Crippen molar-refractivity contribution in [3.05, 3.63) is 129 Å². The molecule has 0 bridgehead atoms. The number of aromatic nitrogens is 1. The highest BCUT2D eigenvalue weighted by Crippen LogP contribution is 2.65. The molecule has 0 spiro atoms. The van der Waals surface area contributed by atoms with E-state index in [0.717, 1.165) is 11.6 Å². The summed E-state index contributed by atoms with van der Waals surface area (Å²) >= 11 is 12.7. The number of likely N-dealkylation sites (tertiary alicyclic amines) is 2. The van der Waals surface area contributed by atoms with Crippen LogP contribution in [-0.4, -0.2) is 74.3 Å². The molecular formula is C46H42Cl2F3N5O6. The second-order valence-electron chi connectivity index (χ2n) is 16.6. The van der Waals surface area contributed by atoms with E-state index in [2.05, 4.69) is 27.4 Å². The van der Waals surface area contributed by atoms with Crippen LogP contribution in [0.5, 0.6) is 11.5 Å². The van der Waals surface area contributed by atoms with E-state index in [0.29, 0.717) is 54.4 Å². The van der Waals surface area contributed by atoms with Crippen molar-refractivity contribution in [2.24, 2.45) is 23.7 Å². The van der Waals surface area contributed by atoms with E-state index in [4.69, 9.17) is 27.9 Å². The second-order valence-corrected chi connectivity index (χ2v) is 17.4. The number of carbonyl (C=O) groups is 4. The number of amides is 4. The average molecular weight is 889 g/mol. The van der Waals surface area contributed by atoms with Crippen molar-refractivity contribution in [2.45, 2.75) is 62.7 Å². The molecule has 11 nitrogen and oxygen atoms in total. The molecule has 9 rings (SSSR count). The minimum Gasteiger partial charge on any atom is -0.504 e. The SMILES string of the molecule is CCOc1cccc(C2C3=CCC4C(=O)N(C5CCN(Cc6ccccc6)CC5)C(=O)C4C3CC3C(=O)N(Nc4ncc(C(F)(F)F)cc4Cl)C(=O)C32c2ccc(Cl)cc2)c1O. The highest BCUT2D eigenvalue weighted by Gasteiger charge is 2.71. The number of carbonyl (C=O) groups excluding carboxylic acids is 4. The van der Waals surface area contributed by atoms with Gasteiger partial charge in [-0.1, -0.05) is 89.4 Å². The largest absolute Gasteiger partial charge is 0.504 e. The molecule has 1 aromatic heterocycles.